The largest absolute Gasteiger partial charge is 0.373 e. The lowest BCUT2D eigenvalue weighted by Crippen LogP contribution is -2.27. The zero-order valence-electron chi connectivity index (χ0n) is 16.1. The molecule has 3 heterocycles. The normalized spacial score (nSPS) is 11.1. The molecule has 0 aliphatic carbocycles. The van der Waals surface area contributed by atoms with Crippen LogP contribution in [0.4, 0.5) is 5.69 Å². The van der Waals surface area contributed by atoms with Crippen molar-refractivity contribution in [3.63, 3.8) is 0 Å². The molecule has 142 valence electrons. The van der Waals surface area contributed by atoms with Gasteiger partial charge in [0.25, 0.3) is 5.56 Å². The second-order valence-electron chi connectivity index (χ2n) is 7.02. The number of aryl methyl sites for hydroxylation is 1. The summed E-state index contributed by atoms with van der Waals surface area (Å²) in [5, 5.41) is 4.36. The zero-order chi connectivity index (χ0) is 19.5. The van der Waals surface area contributed by atoms with Gasteiger partial charge in [-0.1, -0.05) is 36.4 Å². The summed E-state index contributed by atoms with van der Waals surface area (Å²) in [6, 6.07) is 16.0. The van der Waals surface area contributed by atoms with Crippen molar-refractivity contribution in [3.8, 4) is 0 Å². The van der Waals surface area contributed by atoms with E-state index < -0.39 is 0 Å². The lowest BCUT2D eigenvalue weighted by atomic mass is 10.1. The number of rotatable bonds is 6. The van der Waals surface area contributed by atoms with Gasteiger partial charge < -0.3 is 9.30 Å². The number of hydrogen-bond donors (Lipinski definition) is 0. The molecule has 0 saturated carbocycles. The standard InChI is InChI=1S/C22H23N5O/c1-17-7-6-11-26-15-19(24-22(17)26)16-27-21(28)13-20(14-23-27)25(2)12-10-18-8-4-3-5-9-18/h3-9,11,13-15H,10,12,16H2,1-2H3. The van der Waals surface area contributed by atoms with Gasteiger partial charge in [0.2, 0.25) is 0 Å². The van der Waals surface area contributed by atoms with E-state index in [2.05, 4.69) is 27.1 Å². The van der Waals surface area contributed by atoms with Gasteiger partial charge in [0, 0.05) is 32.1 Å². The van der Waals surface area contributed by atoms with Crippen LogP contribution in [0.1, 0.15) is 16.8 Å². The highest BCUT2D eigenvalue weighted by molar-refractivity contribution is 5.48. The Morgan fingerprint density at radius 1 is 1.11 bits per heavy atom. The summed E-state index contributed by atoms with van der Waals surface area (Å²) in [6.07, 6.45) is 6.56. The number of fused-ring (bicyclic) bond motifs is 1. The zero-order valence-corrected chi connectivity index (χ0v) is 16.1. The first-order valence-electron chi connectivity index (χ1n) is 9.35. The summed E-state index contributed by atoms with van der Waals surface area (Å²) < 4.78 is 3.42. The average Bonchev–Trinajstić information content (AvgIpc) is 3.12. The second-order valence-corrected chi connectivity index (χ2v) is 7.02. The third-order valence-electron chi connectivity index (χ3n) is 4.91. The predicted molar refractivity (Wildman–Crippen MR) is 111 cm³/mol. The lowest BCUT2D eigenvalue weighted by molar-refractivity contribution is 0.628. The molecule has 0 aliphatic heterocycles. The number of pyridine rings is 1. The quantitative estimate of drug-likeness (QED) is 0.521. The topological polar surface area (TPSA) is 55.4 Å². The molecule has 0 fully saturated rings. The van der Waals surface area contributed by atoms with Crippen molar-refractivity contribution in [1.82, 2.24) is 19.2 Å². The van der Waals surface area contributed by atoms with E-state index in [9.17, 15) is 4.79 Å². The molecular weight excluding hydrogens is 350 g/mol. The van der Waals surface area contributed by atoms with Crippen molar-refractivity contribution in [2.45, 2.75) is 19.9 Å². The first-order chi connectivity index (χ1) is 13.6. The third kappa shape index (κ3) is 3.81. The van der Waals surface area contributed by atoms with Crippen LogP contribution >= 0.6 is 0 Å². The van der Waals surface area contributed by atoms with Gasteiger partial charge in [-0.2, -0.15) is 5.10 Å². The minimum atomic E-state index is -0.127. The van der Waals surface area contributed by atoms with E-state index in [1.807, 2.05) is 61.1 Å². The van der Waals surface area contributed by atoms with Crippen molar-refractivity contribution in [3.05, 3.63) is 94.3 Å². The van der Waals surface area contributed by atoms with Crippen LogP contribution in [0, 0.1) is 6.92 Å². The van der Waals surface area contributed by atoms with Crippen LogP contribution in [-0.4, -0.2) is 32.8 Å². The van der Waals surface area contributed by atoms with Gasteiger partial charge in [-0.05, 0) is 30.5 Å². The smallest absolute Gasteiger partial charge is 0.269 e. The number of likely N-dealkylation sites (N-methyl/N-ethyl adjacent to an activating group) is 1. The van der Waals surface area contributed by atoms with E-state index in [1.165, 1.54) is 10.2 Å². The van der Waals surface area contributed by atoms with Gasteiger partial charge in [-0.15, -0.1) is 0 Å². The fourth-order valence-corrected chi connectivity index (χ4v) is 3.26. The molecule has 0 radical (unpaired) electrons. The number of nitrogens with zero attached hydrogens (tertiary/aromatic N) is 5. The Morgan fingerprint density at radius 3 is 2.68 bits per heavy atom. The SMILES string of the molecule is Cc1cccn2cc(Cn3ncc(N(C)CCc4ccccc4)cc3=O)nc12. The molecule has 4 aromatic rings. The van der Waals surface area contributed by atoms with Crippen molar-refractivity contribution >= 4 is 11.3 Å². The maximum Gasteiger partial charge on any atom is 0.269 e. The number of imidazole rings is 1. The molecule has 0 N–H and O–H groups in total. The maximum atomic E-state index is 12.5. The van der Waals surface area contributed by atoms with E-state index in [0.29, 0.717) is 6.54 Å². The van der Waals surface area contributed by atoms with Gasteiger partial charge in [0.1, 0.15) is 5.65 Å². The summed E-state index contributed by atoms with van der Waals surface area (Å²) in [5.41, 5.74) is 4.79. The molecule has 0 spiro atoms. The molecule has 28 heavy (non-hydrogen) atoms. The molecule has 1 aromatic carbocycles. The van der Waals surface area contributed by atoms with Crippen LogP contribution in [0.3, 0.4) is 0 Å². The average molecular weight is 373 g/mol. The molecule has 0 amide bonds. The molecule has 0 unspecified atom stereocenters. The summed E-state index contributed by atoms with van der Waals surface area (Å²) in [6.45, 7) is 3.20. The Kier molecular flexibility index (Phi) is 4.93. The van der Waals surface area contributed by atoms with Crippen molar-refractivity contribution in [1.29, 1.82) is 0 Å². The van der Waals surface area contributed by atoms with Gasteiger partial charge in [0.05, 0.1) is 24.1 Å². The Labute approximate surface area is 163 Å². The van der Waals surface area contributed by atoms with Crippen LogP contribution in [0.25, 0.3) is 5.65 Å². The molecule has 0 atom stereocenters. The van der Waals surface area contributed by atoms with Crippen LogP contribution < -0.4 is 10.5 Å². The van der Waals surface area contributed by atoms with E-state index in [4.69, 9.17) is 0 Å². The predicted octanol–water partition coefficient (Wildman–Crippen LogP) is 2.93. The summed E-state index contributed by atoms with van der Waals surface area (Å²) in [7, 11) is 1.98. The molecule has 6 nitrogen and oxygen atoms in total. The second kappa shape index (κ2) is 7.68. The lowest BCUT2D eigenvalue weighted by Gasteiger charge is -2.19. The van der Waals surface area contributed by atoms with Crippen molar-refractivity contribution in [2.75, 3.05) is 18.5 Å². The summed E-state index contributed by atoms with van der Waals surface area (Å²) >= 11 is 0. The highest BCUT2D eigenvalue weighted by atomic mass is 16.1. The molecule has 0 aliphatic rings. The number of aromatic nitrogens is 4. The van der Waals surface area contributed by atoms with Crippen LogP contribution in [0.5, 0.6) is 0 Å². The summed E-state index contributed by atoms with van der Waals surface area (Å²) in [5.74, 6) is 0. The van der Waals surface area contributed by atoms with E-state index in [0.717, 1.165) is 35.6 Å². The van der Waals surface area contributed by atoms with Crippen LogP contribution in [0.2, 0.25) is 0 Å². The summed E-state index contributed by atoms with van der Waals surface area (Å²) in [4.78, 5) is 19.2. The molecule has 3 aromatic heterocycles. The fraction of sp³-hybridized carbons (Fsp3) is 0.227. The van der Waals surface area contributed by atoms with Gasteiger partial charge in [-0.25, -0.2) is 9.67 Å². The highest BCUT2D eigenvalue weighted by Gasteiger charge is 2.09. The van der Waals surface area contributed by atoms with E-state index in [-0.39, 0.29) is 5.56 Å². The first-order valence-corrected chi connectivity index (χ1v) is 9.35. The van der Waals surface area contributed by atoms with Gasteiger partial charge in [0.15, 0.2) is 0 Å². The van der Waals surface area contributed by atoms with Crippen LogP contribution in [-0.2, 0) is 13.0 Å². The highest BCUT2D eigenvalue weighted by Crippen LogP contribution is 2.12. The minimum absolute atomic E-state index is 0.127. The maximum absolute atomic E-state index is 12.5. The van der Waals surface area contributed by atoms with Gasteiger partial charge in [-0.3, -0.25) is 4.79 Å². The number of benzene rings is 1. The van der Waals surface area contributed by atoms with Crippen molar-refractivity contribution < 1.29 is 0 Å². The molecular formula is C22H23N5O. The monoisotopic (exact) mass is 373 g/mol. The van der Waals surface area contributed by atoms with Gasteiger partial charge >= 0.3 is 0 Å². The fourth-order valence-electron chi connectivity index (χ4n) is 3.26. The molecule has 4 rings (SSSR count). The van der Waals surface area contributed by atoms with Crippen LogP contribution in [0.15, 0.2) is 71.9 Å². The number of hydrogen-bond acceptors (Lipinski definition) is 4. The van der Waals surface area contributed by atoms with E-state index in [1.54, 1.807) is 12.3 Å². The Balaban J connectivity index is 1.47. The minimum Gasteiger partial charge on any atom is -0.373 e. The third-order valence-corrected chi connectivity index (χ3v) is 4.91. The van der Waals surface area contributed by atoms with E-state index >= 15 is 0 Å². The Bertz CT molecular complexity index is 1150. The van der Waals surface area contributed by atoms with Crippen molar-refractivity contribution in [2.24, 2.45) is 0 Å². The first kappa shape index (κ1) is 18.0. The molecule has 0 bridgehead atoms. The Morgan fingerprint density at radius 2 is 1.93 bits per heavy atom. The molecule has 0 saturated heterocycles. The Hall–Kier alpha value is -3.41. The molecule has 6 heteroatoms. The number of anilines is 1.